The summed E-state index contributed by atoms with van der Waals surface area (Å²) in [4.78, 5) is 20.0. The summed E-state index contributed by atoms with van der Waals surface area (Å²) in [5, 5.41) is 3.06. The molecule has 7 heteroatoms. The molecule has 0 fully saturated rings. The fourth-order valence-corrected chi connectivity index (χ4v) is 1.80. The van der Waals surface area contributed by atoms with Crippen molar-refractivity contribution in [3.05, 3.63) is 30.4 Å². The molecule has 3 heterocycles. The monoisotopic (exact) mass is 270 g/mol. The highest BCUT2D eigenvalue weighted by Crippen LogP contribution is 2.27. The van der Waals surface area contributed by atoms with Gasteiger partial charge in [-0.1, -0.05) is 0 Å². The molecule has 3 aromatic heterocycles. The van der Waals surface area contributed by atoms with Crippen LogP contribution in [0.3, 0.4) is 0 Å². The molecule has 2 N–H and O–H groups in total. The Morgan fingerprint density at radius 2 is 2.20 bits per heavy atom. The van der Waals surface area contributed by atoms with E-state index in [9.17, 15) is 0 Å². The van der Waals surface area contributed by atoms with Gasteiger partial charge in [0, 0.05) is 12.7 Å². The largest absolute Gasteiger partial charge is 0.435 e. The third kappa shape index (κ3) is 2.25. The van der Waals surface area contributed by atoms with E-state index in [0.29, 0.717) is 28.7 Å². The normalized spacial score (nSPS) is 10.7. The lowest BCUT2D eigenvalue weighted by Crippen LogP contribution is -2.04. The number of nitrogens with zero attached hydrogens (tertiary/aromatic N) is 4. The molecular formula is C13H14N6O. The Bertz CT molecular complexity index is 739. The maximum absolute atomic E-state index is 5.84. The van der Waals surface area contributed by atoms with Gasteiger partial charge in [0.25, 0.3) is 5.88 Å². The molecule has 0 aliphatic carbocycles. The lowest BCUT2D eigenvalue weighted by molar-refractivity contribution is 0.461. The Morgan fingerprint density at radius 3 is 3.00 bits per heavy atom. The highest BCUT2D eigenvalue weighted by molar-refractivity contribution is 5.77. The van der Waals surface area contributed by atoms with Gasteiger partial charge in [-0.05, 0) is 26.0 Å². The molecule has 0 aliphatic rings. The van der Waals surface area contributed by atoms with E-state index in [-0.39, 0.29) is 0 Å². The van der Waals surface area contributed by atoms with Gasteiger partial charge >= 0.3 is 0 Å². The molecule has 0 bridgehead atoms. The van der Waals surface area contributed by atoms with Crippen LogP contribution in [0.1, 0.15) is 12.6 Å². The summed E-state index contributed by atoms with van der Waals surface area (Å²) in [6, 6.07) is 3.67. The zero-order valence-electron chi connectivity index (χ0n) is 11.2. The Balaban J connectivity index is 2.05. The quantitative estimate of drug-likeness (QED) is 0.756. The lowest BCUT2D eigenvalue weighted by Gasteiger charge is -2.09. The number of aromatic amines is 1. The molecule has 0 spiro atoms. The molecular weight excluding hydrogens is 256 g/mol. The maximum Gasteiger partial charge on any atom is 0.250 e. The molecule has 0 aliphatic heterocycles. The number of H-pyrrole nitrogens is 1. The van der Waals surface area contributed by atoms with Gasteiger partial charge < -0.3 is 15.0 Å². The van der Waals surface area contributed by atoms with Crippen molar-refractivity contribution in [1.82, 2.24) is 24.9 Å². The number of nitrogens with one attached hydrogen (secondary N) is 2. The Hall–Kier alpha value is -2.70. The second-order valence-electron chi connectivity index (χ2n) is 4.17. The van der Waals surface area contributed by atoms with Crippen molar-refractivity contribution in [2.75, 3.05) is 11.9 Å². The standard InChI is InChI=1S/C13H14N6O/c1-3-14-13-18-11-10(16-7-17-11)12(19-13)20-9-5-4-6-15-8(9)2/h4-7H,3H2,1-2H3,(H2,14,16,17,18,19). The van der Waals surface area contributed by atoms with Crippen molar-refractivity contribution in [2.24, 2.45) is 0 Å². The van der Waals surface area contributed by atoms with Crippen LogP contribution in [-0.4, -0.2) is 31.5 Å². The van der Waals surface area contributed by atoms with E-state index in [1.54, 1.807) is 12.5 Å². The SMILES string of the molecule is CCNc1nc(Oc2cccnc2C)c2[nH]cnc2n1. The van der Waals surface area contributed by atoms with Crippen LogP contribution in [0.4, 0.5) is 5.95 Å². The fraction of sp³-hybridized carbons (Fsp3) is 0.231. The molecule has 3 aromatic rings. The van der Waals surface area contributed by atoms with Crippen molar-refractivity contribution in [1.29, 1.82) is 0 Å². The third-order valence-electron chi connectivity index (χ3n) is 2.75. The molecule has 20 heavy (non-hydrogen) atoms. The molecule has 3 rings (SSSR count). The van der Waals surface area contributed by atoms with Crippen LogP contribution < -0.4 is 10.1 Å². The first-order chi connectivity index (χ1) is 9.78. The summed E-state index contributed by atoms with van der Waals surface area (Å²) in [5.41, 5.74) is 2.02. The first-order valence-electron chi connectivity index (χ1n) is 6.32. The van der Waals surface area contributed by atoms with Gasteiger partial charge in [-0.2, -0.15) is 9.97 Å². The number of ether oxygens (including phenoxy) is 1. The lowest BCUT2D eigenvalue weighted by atomic mass is 10.3. The minimum atomic E-state index is 0.430. The summed E-state index contributed by atoms with van der Waals surface area (Å²) < 4.78 is 5.84. The van der Waals surface area contributed by atoms with Crippen LogP contribution in [0.5, 0.6) is 11.6 Å². The minimum Gasteiger partial charge on any atom is -0.435 e. The summed E-state index contributed by atoms with van der Waals surface area (Å²) in [6.45, 7) is 4.58. The van der Waals surface area contributed by atoms with E-state index in [0.717, 1.165) is 12.2 Å². The predicted octanol–water partition coefficient (Wildman–Crippen LogP) is 2.28. The van der Waals surface area contributed by atoms with Crippen LogP contribution in [0.25, 0.3) is 11.2 Å². The number of pyridine rings is 1. The highest BCUT2D eigenvalue weighted by Gasteiger charge is 2.12. The zero-order chi connectivity index (χ0) is 13.9. The van der Waals surface area contributed by atoms with Crippen LogP contribution in [0.2, 0.25) is 0 Å². The average molecular weight is 270 g/mol. The minimum absolute atomic E-state index is 0.430. The number of anilines is 1. The number of aromatic nitrogens is 5. The Kier molecular flexibility index (Phi) is 3.16. The number of hydrogen-bond acceptors (Lipinski definition) is 6. The van der Waals surface area contributed by atoms with E-state index in [1.165, 1.54) is 0 Å². The second-order valence-corrected chi connectivity index (χ2v) is 4.17. The first-order valence-corrected chi connectivity index (χ1v) is 6.32. The molecule has 0 saturated carbocycles. The van der Waals surface area contributed by atoms with Crippen LogP contribution in [-0.2, 0) is 0 Å². The fourth-order valence-electron chi connectivity index (χ4n) is 1.80. The van der Waals surface area contributed by atoms with Gasteiger partial charge in [0.1, 0.15) is 5.52 Å². The predicted molar refractivity (Wildman–Crippen MR) is 74.9 cm³/mol. The van der Waals surface area contributed by atoms with E-state index >= 15 is 0 Å². The van der Waals surface area contributed by atoms with Gasteiger partial charge in [0.05, 0.1) is 12.0 Å². The molecule has 0 radical (unpaired) electrons. The van der Waals surface area contributed by atoms with Crippen molar-refractivity contribution < 1.29 is 4.74 Å². The number of imidazole rings is 1. The van der Waals surface area contributed by atoms with Gasteiger partial charge in [-0.25, -0.2) is 4.98 Å². The van der Waals surface area contributed by atoms with E-state index in [4.69, 9.17) is 4.74 Å². The van der Waals surface area contributed by atoms with E-state index in [1.807, 2.05) is 26.0 Å². The highest BCUT2D eigenvalue weighted by atomic mass is 16.5. The van der Waals surface area contributed by atoms with Gasteiger partial charge in [-0.15, -0.1) is 0 Å². The summed E-state index contributed by atoms with van der Waals surface area (Å²) in [7, 11) is 0. The Morgan fingerprint density at radius 1 is 1.30 bits per heavy atom. The molecule has 0 amide bonds. The number of rotatable bonds is 4. The van der Waals surface area contributed by atoms with Crippen LogP contribution in [0.15, 0.2) is 24.7 Å². The molecule has 0 unspecified atom stereocenters. The van der Waals surface area contributed by atoms with E-state index in [2.05, 4.69) is 30.2 Å². The van der Waals surface area contributed by atoms with Crippen LogP contribution in [0, 0.1) is 6.92 Å². The third-order valence-corrected chi connectivity index (χ3v) is 2.75. The van der Waals surface area contributed by atoms with Crippen molar-refractivity contribution >= 4 is 17.1 Å². The molecule has 7 nitrogen and oxygen atoms in total. The summed E-state index contributed by atoms with van der Waals surface area (Å²) in [6.07, 6.45) is 3.29. The Labute approximate surface area is 115 Å². The molecule has 0 aromatic carbocycles. The van der Waals surface area contributed by atoms with Gasteiger partial charge in [0.15, 0.2) is 11.4 Å². The average Bonchev–Trinajstić information content (AvgIpc) is 2.90. The number of aryl methyl sites for hydroxylation is 1. The smallest absolute Gasteiger partial charge is 0.250 e. The van der Waals surface area contributed by atoms with Crippen molar-refractivity contribution in [3.8, 4) is 11.6 Å². The summed E-state index contributed by atoms with van der Waals surface area (Å²) in [5.74, 6) is 1.58. The van der Waals surface area contributed by atoms with Gasteiger partial charge in [0.2, 0.25) is 5.95 Å². The molecule has 0 atom stereocenters. The van der Waals surface area contributed by atoms with Crippen molar-refractivity contribution in [2.45, 2.75) is 13.8 Å². The van der Waals surface area contributed by atoms with Crippen molar-refractivity contribution in [3.63, 3.8) is 0 Å². The van der Waals surface area contributed by atoms with E-state index < -0.39 is 0 Å². The first kappa shape index (κ1) is 12.3. The zero-order valence-corrected chi connectivity index (χ0v) is 11.2. The summed E-state index contributed by atoms with van der Waals surface area (Å²) >= 11 is 0. The number of fused-ring (bicyclic) bond motifs is 1. The van der Waals surface area contributed by atoms with Crippen LogP contribution >= 0.6 is 0 Å². The molecule has 102 valence electrons. The number of hydrogen-bond donors (Lipinski definition) is 2. The second kappa shape index (κ2) is 5.12. The topological polar surface area (TPSA) is 88.6 Å². The van der Waals surface area contributed by atoms with Gasteiger partial charge in [-0.3, -0.25) is 4.98 Å². The molecule has 0 saturated heterocycles. The maximum atomic E-state index is 5.84.